The average Bonchev–Trinajstić information content (AvgIpc) is 2.46. The predicted molar refractivity (Wildman–Crippen MR) is 80.1 cm³/mol. The number of halogens is 1. The molecule has 102 valence electrons. The summed E-state index contributed by atoms with van der Waals surface area (Å²) in [6.45, 7) is 3.03. The molecule has 0 N–H and O–H groups in total. The standard InChI is InChI=1S/C16H20ClNO/c1-2-14-8-5-6-12-18(14)16(19)11-10-13-7-3-4-9-15(13)17/h3-4,7,9-11,14H,2,5-6,8,12H2,1H3/b11-10+/t14-/m0/s1. The zero-order valence-corrected chi connectivity index (χ0v) is 12.1. The fraction of sp³-hybridized carbons (Fsp3) is 0.438. The van der Waals surface area contributed by atoms with Crippen molar-refractivity contribution in [1.29, 1.82) is 0 Å². The molecule has 2 rings (SSSR count). The fourth-order valence-electron chi connectivity index (χ4n) is 2.58. The Balaban J connectivity index is 2.06. The lowest BCUT2D eigenvalue weighted by molar-refractivity contribution is -0.129. The Morgan fingerprint density at radius 1 is 1.42 bits per heavy atom. The summed E-state index contributed by atoms with van der Waals surface area (Å²) in [4.78, 5) is 14.2. The number of piperidine rings is 1. The molecule has 1 aromatic carbocycles. The van der Waals surface area contributed by atoms with E-state index in [1.807, 2.05) is 35.2 Å². The largest absolute Gasteiger partial charge is 0.336 e. The number of likely N-dealkylation sites (tertiary alicyclic amines) is 1. The molecule has 0 aromatic heterocycles. The highest BCUT2D eigenvalue weighted by molar-refractivity contribution is 6.32. The van der Waals surface area contributed by atoms with Crippen LogP contribution in [0.1, 0.15) is 38.2 Å². The number of rotatable bonds is 3. The Bertz CT molecular complexity index is 470. The maximum atomic E-state index is 12.2. The molecule has 1 aliphatic heterocycles. The van der Waals surface area contributed by atoms with Crippen molar-refractivity contribution in [2.75, 3.05) is 6.54 Å². The first kappa shape index (κ1) is 14.1. The van der Waals surface area contributed by atoms with Gasteiger partial charge in [0.1, 0.15) is 0 Å². The first-order valence-electron chi connectivity index (χ1n) is 6.95. The third-order valence-corrected chi connectivity index (χ3v) is 4.04. The van der Waals surface area contributed by atoms with Gasteiger partial charge in [-0.25, -0.2) is 0 Å². The van der Waals surface area contributed by atoms with Crippen molar-refractivity contribution in [2.24, 2.45) is 0 Å². The molecule has 1 aliphatic rings. The summed E-state index contributed by atoms with van der Waals surface area (Å²) in [7, 11) is 0. The van der Waals surface area contributed by atoms with Crippen LogP contribution in [0.4, 0.5) is 0 Å². The van der Waals surface area contributed by atoms with E-state index in [2.05, 4.69) is 6.92 Å². The second-order valence-electron chi connectivity index (χ2n) is 4.94. The Hall–Kier alpha value is -1.28. The molecule has 1 fully saturated rings. The second-order valence-corrected chi connectivity index (χ2v) is 5.35. The predicted octanol–water partition coefficient (Wildman–Crippen LogP) is 4.14. The number of carbonyl (C=O) groups excluding carboxylic acids is 1. The molecule has 1 saturated heterocycles. The molecule has 1 aromatic rings. The lowest BCUT2D eigenvalue weighted by Crippen LogP contribution is -2.42. The Morgan fingerprint density at radius 3 is 2.95 bits per heavy atom. The van der Waals surface area contributed by atoms with Gasteiger partial charge in [-0.05, 0) is 43.4 Å². The molecule has 2 nitrogen and oxygen atoms in total. The van der Waals surface area contributed by atoms with Crippen molar-refractivity contribution >= 4 is 23.6 Å². The van der Waals surface area contributed by atoms with Gasteiger partial charge < -0.3 is 4.90 Å². The number of amides is 1. The molecule has 0 unspecified atom stereocenters. The van der Waals surface area contributed by atoms with Crippen LogP contribution >= 0.6 is 11.6 Å². The highest BCUT2D eigenvalue weighted by atomic mass is 35.5. The maximum absolute atomic E-state index is 12.2. The molecule has 19 heavy (non-hydrogen) atoms. The summed E-state index contributed by atoms with van der Waals surface area (Å²) in [6.07, 6.45) is 7.97. The SMILES string of the molecule is CC[C@H]1CCCCN1C(=O)/C=C/c1ccccc1Cl. The summed E-state index contributed by atoms with van der Waals surface area (Å²) in [6, 6.07) is 7.96. The zero-order valence-electron chi connectivity index (χ0n) is 11.3. The maximum Gasteiger partial charge on any atom is 0.246 e. The number of hydrogen-bond donors (Lipinski definition) is 0. The Kier molecular flexibility index (Phi) is 5.03. The van der Waals surface area contributed by atoms with E-state index in [4.69, 9.17) is 11.6 Å². The van der Waals surface area contributed by atoms with E-state index in [1.165, 1.54) is 6.42 Å². The monoisotopic (exact) mass is 277 g/mol. The van der Waals surface area contributed by atoms with Gasteiger partial charge in [0.25, 0.3) is 0 Å². The van der Waals surface area contributed by atoms with E-state index < -0.39 is 0 Å². The van der Waals surface area contributed by atoms with E-state index in [1.54, 1.807) is 6.08 Å². The van der Waals surface area contributed by atoms with Crippen LogP contribution in [-0.4, -0.2) is 23.4 Å². The summed E-state index contributed by atoms with van der Waals surface area (Å²) in [5, 5.41) is 0.678. The van der Waals surface area contributed by atoms with Gasteiger partial charge in [0.05, 0.1) is 0 Å². The van der Waals surface area contributed by atoms with Gasteiger partial charge in [-0.15, -0.1) is 0 Å². The lowest BCUT2D eigenvalue weighted by Gasteiger charge is -2.34. The van der Waals surface area contributed by atoms with E-state index in [0.29, 0.717) is 11.1 Å². The van der Waals surface area contributed by atoms with E-state index >= 15 is 0 Å². The third kappa shape index (κ3) is 3.60. The van der Waals surface area contributed by atoms with Gasteiger partial charge in [-0.3, -0.25) is 4.79 Å². The van der Waals surface area contributed by atoms with Crippen molar-refractivity contribution in [1.82, 2.24) is 4.90 Å². The topological polar surface area (TPSA) is 20.3 Å². The third-order valence-electron chi connectivity index (χ3n) is 3.69. The number of benzene rings is 1. The van der Waals surface area contributed by atoms with Crippen molar-refractivity contribution in [3.05, 3.63) is 40.9 Å². The molecule has 3 heteroatoms. The molecule has 0 aliphatic carbocycles. The quantitative estimate of drug-likeness (QED) is 0.760. The van der Waals surface area contributed by atoms with Gasteiger partial charge in [0.2, 0.25) is 5.91 Å². The van der Waals surface area contributed by atoms with Crippen molar-refractivity contribution in [3.8, 4) is 0 Å². The molecular weight excluding hydrogens is 258 g/mol. The van der Waals surface area contributed by atoms with Crippen LogP contribution in [0, 0.1) is 0 Å². The molecule has 1 amide bonds. The summed E-state index contributed by atoms with van der Waals surface area (Å²) in [5.74, 6) is 0.103. The fourth-order valence-corrected chi connectivity index (χ4v) is 2.78. The van der Waals surface area contributed by atoms with E-state index in [-0.39, 0.29) is 5.91 Å². The number of hydrogen-bond acceptors (Lipinski definition) is 1. The second kappa shape index (κ2) is 6.76. The summed E-state index contributed by atoms with van der Waals surface area (Å²) >= 11 is 6.07. The highest BCUT2D eigenvalue weighted by Gasteiger charge is 2.23. The summed E-state index contributed by atoms with van der Waals surface area (Å²) in [5.41, 5.74) is 0.891. The molecule has 0 bridgehead atoms. The first-order chi connectivity index (χ1) is 9.22. The molecule has 1 heterocycles. The molecular formula is C16H20ClNO. The van der Waals surface area contributed by atoms with Crippen LogP contribution in [0.15, 0.2) is 30.3 Å². The average molecular weight is 278 g/mol. The Morgan fingerprint density at radius 2 is 2.21 bits per heavy atom. The first-order valence-corrected chi connectivity index (χ1v) is 7.33. The van der Waals surface area contributed by atoms with Crippen LogP contribution < -0.4 is 0 Å². The van der Waals surface area contributed by atoms with Crippen LogP contribution in [0.25, 0.3) is 6.08 Å². The molecule has 0 radical (unpaired) electrons. The van der Waals surface area contributed by atoms with Crippen LogP contribution in [0.3, 0.4) is 0 Å². The van der Waals surface area contributed by atoms with Crippen LogP contribution in [0.2, 0.25) is 5.02 Å². The van der Waals surface area contributed by atoms with Gasteiger partial charge in [0, 0.05) is 23.7 Å². The van der Waals surface area contributed by atoms with E-state index in [9.17, 15) is 4.79 Å². The Labute approximate surface area is 120 Å². The van der Waals surface area contributed by atoms with Gasteiger partial charge in [-0.2, -0.15) is 0 Å². The van der Waals surface area contributed by atoms with Crippen LogP contribution in [0.5, 0.6) is 0 Å². The van der Waals surface area contributed by atoms with Crippen LogP contribution in [-0.2, 0) is 4.79 Å². The highest BCUT2D eigenvalue weighted by Crippen LogP contribution is 2.21. The number of carbonyl (C=O) groups is 1. The normalized spacial score (nSPS) is 19.9. The van der Waals surface area contributed by atoms with Crippen molar-refractivity contribution in [2.45, 2.75) is 38.6 Å². The number of nitrogens with zero attached hydrogens (tertiary/aromatic N) is 1. The van der Waals surface area contributed by atoms with Crippen molar-refractivity contribution < 1.29 is 4.79 Å². The molecule has 0 spiro atoms. The van der Waals surface area contributed by atoms with E-state index in [0.717, 1.165) is 31.4 Å². The zero-order chi connectivity index (χ0) is 13.7. The minimum Gasteiger partial charge on any atom is -0.336 e. The smallest absolute Gasteiger partial charge is 0.246 e. The molecule has 1 atom stereocenters. The van der Waals surface area contributed by atoms with Gasteiger partial charge >= 0.3 is 0 Å². The van der Waals surface area contributed by atoms with Gasteiger partial charge in [0.15, 0.2) is 0 Å². The minimum absolute atomic E-state index is 0.103. The lowest BCUT2D eigenvalue weighted by atomic mass is 10.00. The summed E-state index contributed by atoms with van der Waals surface area (Å²) < 4.78 is 0. The molecule has 0 saturated carbocycles. The van der Waals surface area contributed by atoms with Gasteiger partial charge in [-0.1, -0.05) is 36.7 Å². The minimum atomic E-state index is 0.103. The van der Waals surface area contributed by atoms with Crippen molar-refractivity contribution in [3.63, 3.8) is 0 Å².